The van der Waals surface area contributed by atoms with E-state index in [9.17, 15) is 9.59 Å². The van der Waals surface area contributed by atoms with Gasteiger partial charge in [0, 0.05) is 20.0 Å². The van der Waals surface area contributed by atoms with E-state index in [0.717, 1.165) is 11.1 Å². The number of nitrogens with zero attached hydrogens (tertiary/aromatic N) is 1. The second-order valence-electron chi connectivity index (χ2n) is 5.01. The van der Waals surface area contributed by atoms with Crippen LogP contribution in [0.25, 0.3) is 0 Å². The number of rotatable bonds is 5. The summed E-state index contributed by atoms with van der Waals surface area (Å²) in [7, 11) is 1.71. The first-order chi connectivity index (χ1) is 8.81. The molecule has 0 aliphatic heterocycles. The summed E-state index contributed by atoms with van der Waals surface area (Å²) < 4.78 is 0. The molecular formula is C15H21NO3. The van der Waals surface area contributed by atoms with Crippen LogP contribution in [0.4, 0.5) is 0 Å². The number of carbonyl (C=O) groups excluding carboxylic acids is 1. The second kappa shape index (κ2) is 6.36. The van der Waals surface area contributed by atoms with Crippen molar-refractivity contribution in [3.63, 3.8) is 0 Å². The Labute approximate surface area is 114 Å². The van der Waals surface area contributed by atoms with Crippen molar-refractivity contribution in [2.75, 3.05) is 7.05 Å². The number of benzene rings is 1. The Kier molecular flexibility index (Phi) is 5.10. The standard InChI is InChI=1S/C15H21NO3/c1-10-7-12(3)13(8-11(10)2)9-16(4)14(17)5-6-15(18)19/h7-8H,5-6,9H2,1-4H3,(H,18,19). The van der Waals surface area contributed by atoms with E-state index in [-0.39, 0.29) is 18.7 Å². The SMILES string of the molecule is Cc1cc(C)c(CN(C)C(=O)CCC(=O)O)cc1C. The van der Waals surface area contributed by atoms with Crippen LogP contribution < -0.4 is 0 Å². The summed E-state index contributed by atoms with van der Waals surface area (Å²) in [5.74, 6) is -1.08. The van der Waals surface area contributed by atoms with Crippen LogP contribution >= 0.6 is 0 Å². The fraction of sp³-hybridized carbons (Fsp3) is 0.467. The molecule has 0 saturated carbocycles. The summed E-state index contributed by atoms with van der Waals surface area (Å²) in [4.78, 5) is 23.8. The first-order valence-corrected chi connectivity index (χ1v) is 6.33. The Bertz CT molecular complexity index is 494. The molecule has 4 nitrogen and oxygen atoms in total. The largest absolute Gasteiger partial charge is 0.481 e. The van der Waals surface area contributed by atoms with Crippen LogP contribution in [0.1, 0.15) is 35.1 Å². The van der Waals surface area contributed by atoms with Gasteiger partial charge in [0.1, 0.15) is 0 Å². The molecule has 4 heteroatoms. The first kappa shape index (κ1) is 15.2. The summed E-state index contributed by atoms with van der Waals surface area (Å²) in [5, 5.41) is 8.57. The van der Waals surface area contributed by atoms with E-state index < -0.39 is 5.97 Å². The number of aryl methyl sites for hydroxylation is 3. The van der Waals surface area contributed by atoms with Crippen LogP contribution in [0.15, 0.2) is 12.1 Å². The normalized spacial score (nSPS) is 10.3. The molecule has 0 aromatic heterocycles. The average molecular weight is 263 g/mol. The number of carbonyl (C=O) groups is 2. The summed E-state index contributed by atoms with van der Waals surface area (Å²) in [6.45, 7) is 6.65. The molecule has 0 saturated heterocycles. The zero-order valence-electron chi connectivity index (χ0n) is 12.0. The molecule has 1 aromatic carbocycles. The lowest BCUT2D eigenvalue weighted by molar-refractivity contribution is -0.140. The molecule has 0 atom stereocenters. The van der Waals surface area contributed by atoms with E-state index in [4.69, 9.17) is 5.11 Å². The van der Waals surface area contributed by atoms with Gasteiger partial charge in [0.2, 0.25) is 5.91 Å². The highest BCUT2D eigenvalue weighted by atomic mass is 16.4. The van der Waals surface area contributed by atoms with Gasteiger partial charge in [-0.05, 0) is 43.0 Å². The van der Waals surface area contributed by atoms with Gasteiger partial charge < -0.3 is 10.0 Å². The molecule has 0 heterocycles. The Hall–Kier alpha value is -1.84. The lowest BCUT2D eigenvalue weighted by Gasteiger charge is -2.19. The van der Waals surface area contributed by atoms with Crippen LogP contribution in [0.3, 0.4) is 0 Å². The van der Waals surface area contributed by atoms with E-state index in [1.54, 1.807) is 11.9 Å². The van der Waals surface area contributed by atoms with Crippen molar-refractivity contribution < 1.29 is 14.7 Å². The fourth-order valence-corrected chi connectivity index (χ4v) is 1.94. The fourth-order valence-electron chi connectivity index (χ4n) is 1.94. The molecule has 0 unspecified atom stereocenters. The van der Waals surface area contributed by atoms with Crippen molar-refractivity contribution in [3.8, 4) is 0 Å². The second-order valence-corrected chi connectivity index (χ2v) is 5.01. The molecule has 0 radical (unpaired) electrons. The van der Waals surface area contributed by atoms with Crippen molar-refractivity contribution in [1.29, 1.82) is 0 Å². The van der Waals surface area contributed by atoms with Gasteiger partial charge in [-0.1, -0.05) is 12.1 Å². The van der Waals surface area contributed by atoms with Crippen LogP contribution in [0.2, 0.25) is 0 Å². The molecule has 1 amide bonds. The summed E-state index contributed by atoms with van der Waals surface area (Å²) >= 11 is 0. The van der Waals surface area contributed by atoms with Crippen LogP contribution in [-0.4, -0.2) is 28.9 Å². The Balaban J connectivity index is 2.71. The highest BCUT2D eigenvalue weighted by Gasteiger charge is 2.12. The van der Waals surface area contributed by atoms with Crippen LogP contribution in [0, 0.1) is 20.8 Å². The number of aliphatic carboxylic acids is 1. The quantitative estimate of drug-likeness (QED) is 0.887. The molecule has 19 heavy (non-hydrogen) atoms. The minimum absolute atomic E-state index is 0.0513. The summed E-state index contributed by atoms with van der Waals surface area (Å²) in [6, 6.07) is 4.20. The minimum atomic E-state index is -0.941. The van der Waals surface area contributed by atoms with Crippen molar-refractivity contribution in [1.82, 2.24) is 4.90 Å². The Morgan fingerprint density at radius 1 is 1.05 bits per heavy atom. The number of carboxylic acid groups (broad SMARTS) is 1. The third-order valence-corrected chi connectivity index (χ3v) is 3.34. The first-order valence-electron chi connectivity index (χ1n) is 6.33. The monoisotopic (exact) mass is 263 g/mol. The molecule has 0 bridgehead atoms. The third kappa shape index (κ3) is 4.39. The van der Waals surface area contributed by atoms with Gasteiger partial charge in [0.15, 0.2) is 0 Å². The number of hydrogen-bond donors (Lipinski definition) is 1. The Morgan fingerprint density at radius 3 is 2.21 bits per heavy atom. The molecule has 0 spiro atoms. The van der Waals surface area contributed by atoms with Gasteiger partial charge in [-0.15, -0.1) is 0 Å². The molecule has 1 aromatic rings. The van der Waals surface area contributed by atoms with Gasteiger partial charge in [0.05, 0.1) is 6.42 Å². The van der Waals surface area contributed by atoms with Gasteiger partial charge in [-0.25, -0.2) is 0 Å². The highest BCUT2D eigenvalue weighted by molar-refractivity contribution is 5.80. The van der Waals surface area contributed by atoms with Crippen molar-refractivity contribution in [2.45, 2.75) is 40.2 Å². The molecule has 0 aliphatic rings. The van der Waals surface area contributed by atoms with E-state index in [2.05, 4.69) is 19.1 Å². The Morgan fingerprint density at radius 2 is 1.63 bits per heavy atom. The van der Waals surface area contributed by atoms with E-state index in [1.807, 2.05) is 13.8 Å². The molecule has 104 valence electrons. The van der Waals surface area contributed by atoms with Gasteiger partial charge in [-0.2, -0.15) is 0 Å². The predicted molar refractivity (Wildman–Crippen MR) is 74.0 cm³/mol. The van der Waals surface area contributed by atoms with Crippen LogP contribution in [-0.2, 0) is 16.1 Å². The number of carboxylic acids is 1. The maximum atomic E-state index is 11.8. The third-order valence-electron chi connectivity index (χ3n) is 3.34. The number of amides is 1. The lowest BCUT2D eigenvalue weighted by Crippen LogP contribution is -2.26. The molecule has 0 aliphatic carbocycles. The molecular weight excluding hydrogens is 242 g/mol. The van der Waals surface area contributed by atoms with Gasteiger partial charge in [-0.3, -0.25) is 9.59 Å². The lowest BCUT2D eigenvalue weighted by atomic mass is 10.0. The smallest absolute Gasteiger partial charge is 0.303 e. The summed E-state index contributed by atoms with van der Waals surface area (Å²) in [5.41, 5.74) is 4.70. The average Bonchev–Trinajstić information content (AvgIpc) is 2.32. The van der Waals surface area contributed by atoms with Crippen molar-refractivity contribution in [3.05, 3.63) is 34.4 Å². The molecule has 0 fully saturated rings. The van der Waals surface area contributed by atoms with E-state index in [1.165, 1.54) is 11.1 Å². The highest BCUT2D eigenvalue weighted by Crippen LogP contribution is 2.17. The van der Waals surface area contributed by atoms with Crippen molar-refractivity contribution >= 4 is 11.9 Å². The van der Waals surface area contributed by atoms with Gasteiger partial charge in [0.25, 0.3) is 0 Å². The molecule has 1 N–H and O–H groups in total. The zero-order chi connectivity index (χ0) is 14.6. The number of hydrogen-bond acceptors (Lipinski definition) is 2. The van der Waals surface area contributed by atoms with Crippen LogP contribution in [0.5, 0.6) is 0 Å². The van der Waals surface area contributed by atoms with Crippen molar-refractivity contribution in [2.24, 2.45) is 0 Å². The maximum Gasteiger partial charge on any atom is 0.303 e. The van der Waals surface area contributed by atoms with Gasteiger partial charge >= 0.3 is 5.97 Å². The van der Waals surface area contributed by atoms with E-state index >= 15 is 0 Å². The minimum Gasteiger partial charge on any atom is -0.481 e. The predicted octanol–water partition coefficient (Wildman–Crippen LogP) is 2.44. The maximum absolute atomic E-state index is 11.8. The molecule has 1 rings (SSSR count). The topological polar surface area (TPSA) is 57.6 Å². The van der Waals surface area contributed by atoms with E-state index in [0.29, 0.717) is 6.54 Å². The summed E-state index contributed by atoms with van der Waals surface area (Å²) in [6.07, 6.45) is -0.0647. The zero-order valence-corrected chi connectivity index (χ0v) is 12.0.